The van der Waals surface area contributed by atoms with E-state index < -0.39 is 10.0 Å². The van der Waals surface area contributed by atoms with Gasteiger partial charge in [-0.2, -0.15) is 4.31 Å². The van der Waals surface area contributed by atoms with Crippen molar-refractivity contribution in [2.24, 2.45) is 5.73 Å². The van der Waals surface area contributed by atoms with E-state index in [1.54, 1.807) is 0 Å². The molecule has 9 heteroatoms. The minimum Gasteiger partial charge on any atom is -0.469 e. The molecular weight excluding hydrogens is 302 g/mol. The third-order valence-electron chi connectivity index (χ3n) is 3.11. The summed E-state index contributed by atoms with van der Waals surface area (Å²) in [7, 11) is -2.01. The average Bonchev–Trinajstić information content (AvgIpc) is 2.38. The van der Waals surface area contributed by atoms with Gasteiger partial charge in [-0.1, -0.05) is 12.2 Å². The lowest BCUT2D eigenvalue weighted by atomic mass is 10.3. The highest BCUT2D eigenvalue weighted by molar-refractivity contribution is 7.89. The number of nitrogens with two attached hydrogens (primary N) is 1. The summed E-state index contributed by atoms with van der Waals surface area (Å²) in [5, 5.41) is 0. The molecule has 7 nitrogen and oxygen atoms in total. The number of ether oxygens (including phenoxy) is 1. The van der Waals surface area contributed by atoms with Crippen LogP contribution in [0.3, 0.4) is 0 Å². The van der Waals surface area contributed by atoms with Gasteiger partial charge in [0.2, 0.25) is 10.0 Å². The Kier molecular flexibility index (Phi) is 6.80. The number of carbonyl (C=O) groups excluding carboxylic acids is 1. The first kappa shape index (κ1) is 17.3. The number of esters is 1. The van der Waals surface area contributed by atoms with Gasteiger partial charge in [-0.05, 0) is 6.42 Å². The average molecular weight is 323 g/mol. The smallest absolute Gasteiger partial charge is 0.305 e. The Morgan fingerprint density at radius 1 is 1.30 bits per heavy atom. The number of carbonyl (C=O) groups is 1. The minimum absolute atomic E-state index is 0.0304. The van der Waals surface area contributed by atoms with Crippen LogP contribution < -0.4 is 5.73 Å². The standard InChI is InChI=1S/C11H21N3O4S2/c1-18-11(15)3-2-8-20(16,17)14-6-4-13(5-7-14)9-10(12)19/h2-9H2,1H3,(H2,12,19). The van der Waals surface area contributed by atoms with Gasteiger partial charge in [0, 0.05) is 39.1 Å². The summed E-state index contributed by atoms with van der Waals surface area (Å²) < 4.78 is 30.1. The first-order valence-electron chi connectivity index (χ1n) is 6.40. The molecule has 1 rings (SSSR count). The van der Waals surface area contributed by atoms with Crippen molar-refractivity contribution in [2.75, 3.05) is 45.6 Å². The maximum Gasteiger partial charge on any atom is 0.305 e. The Bertz CT molecular complexity index is 445. The van der Waals surface area contributed by atoms with Crippen LogP contribution in [-0.4, -0.2) is 74.2 Å². The molecular formula is C11H21N3O4S2. The Labute approximate surface area is 125 Å². The van der Waals surface area contributed by atoms with Gasteiger partial charge in [-0.15, -0.1) is 0 Å². The number of nitrogens with zero attached hydrogens (tertiary/aromatic N) is 2. The molecule has 1 fully saturated rings. The van der Waals surface area contributed by atoms with Gasteiger partial charge in [-0.25, -0.2) is 8.42 Å². The lowest BCUT2D eigenvalue weighted by Gasteiger charge is -2.33. The van der Waals surface area contributed by atoms with Gasteiger partial charge < -0.3 is 10.5 Å². The molecule has 0 bridgehead atoms. The number of hydrogen-bond acceptors (Lipinski definition) is 6. The zero-order chi connectivity index (χ0) is 15.2. The second kappa shape index (κ2) is 7.87. The van der Waals surface area contributed by atoms with Crippen LogP contribution in [0.4, 0.5) is 0 Å². The maximum atomic E-state index is 12.1. The topological polar surface area (TPSA) is 92.9 Å². The van der Waals surface area contributed by atoms with Crippen molar-refractivity contribution in [1.29, 1.82) is 0 Å². The van der Waals surface area contributed by atoms with E-state index in [-0.39, 0.29) is 24.6 Å². The van der Waals surface area contributed by atoms with Crippen molar-refractivity contribution in [3.8, 4) is 0 Å². The molecule has 0 saturated carbocycles. The number of piperazine rings is 1. The van der Waals surface area contributed by atoms with Gasteiger partial charge >= 0.3 is 5.97 Å². The normalized spacial score (nSPS) is 17.9. The van der Waals surface area contributed by atoms with E-state index in [2.05, 4.69) is 4.74 Å². The number of hydrogen-bond donors (Lipinski definition) is 1. The predicted molar refractivity (Wildman–Crippen MR) is 79.8 cm³/mol. The van der Waals surface area contributed by atoms with E-state index in [0.717, 1.165) is 0 Å². The van der Waals surface area contributed by atoms with Crippen LogP contribution >= 0.6 is 12.2 Å². The molecule has 116 valence electrons. The molecule has 0 atom stereocenters. The molecule has 1 saturated heterocycles. The van der Waals surface area contributed by atoms with Gasteiger partial charge in [0.05, 0.1) is 17.9 Å². The SMILES string of the molecule is COC(=O)CCCS(=O)(=O)N1CCN(CC(N)=S)CC1. The highest BCUT2D eigenvalue weighted by Crippen LogP contribution is 2.10. The van der Waals surface area contributed by atoms with E-state index in [4.69, 9.17) is 18.0 Å². The Hall–Kier alpha value is -0.770. The van der Waals surface area contributed by atoms with Gasteiger partial charge in [0.25, 0.3) is 0 Å². The fourth-order valence-corrected chi connectivity index (χ4v) is 3.69. The van der Waals surface area contributed by atoms with Crippen molar-refractivity contribution >= 4 is 33.2 Å². The summed E-state index contributed by atoms with van der Waals surface area (Å²) in [6.45, 7) is 2.62. The van der Waals surface area contributed by atoms with Crippen LogP contribution in [0, 0.1) is 0 Å². The van der Waals surface area contributed by atoms with Crippen LogP contribution in [-0.2, 0) is 19.6 Å². The summed E-state index contributed by atoms with van der Waals surface area (Å²) in [5.41, 5.74) is 5.47. The number of rotatable bonds is 7. The minimum atomic E-state index is -3.30. The Morgan fingerprint density at radius 2 is 1.90 bits per heavy atom. The van der Waals surface area contributed by atoms with Crippen molar-refractivity contribution in [2.45, 2.75) is 12.8 Å². The first-order chi connectivity index (χ1) is 9.35. The molecule has 1 aliphatic rings. The monoisotopic (exact) mass is 323 g/mol. The molecule has 1 heterocycles. The molecule has 1 aliphatic heterocycles. The highest BCUT2D eigenvalue weighted by atomic mass is 32.2. The molecule has 0 spiro atoms. The van der Waals surface area contributed by atoms with Gasteiger partial charge in [0.15, 0.2) is 0 Å². The molecule has 0 radical (unpaired) electrons. The summed E-state index contributed by atoms with van der Waals surface area (Å²) in [5.74, 6) is -0.418. The van der Waals surface area contributed by atoms with Crippen LogP contribution in [0.1, 0.15) is 12.8 Å². The second-order valence-corrected chi connectivity index (χ2v) is 7.25. The molecule has 0 aromatic rings. The fourth-order valence-electron chi connectivity index (χ4n) is 2.02. The predicted octanol–water partition coefficient (Wildman–Crippen LogP) is -0.827. The van der Waals surface area contributed by atoms with Crippen molar-refractivity contribution < 1.29 is 17.9 Å². The summed E-state index contributed by atoms with van der Waals surface area (Å²) in [4.78, 5) is 13.4. The van der Waals surface area contributed by atoms with Crippen LogP contribution in [0.15, 0.2) is 0 Å². The third kappa shape index (κ3) is 5.70. The Morgan fingerprint density at radius 3 is 2.40 bits per heavy atom. The van der Waals surface area contributed by atoms with E-state index >= 15 is 0 Å². The molecule has 0 aromatic heterocycles. The van der Waals surface area contributed by atoms with Crippen LogP contribution in [0.25, 0.3) is 0 Å². The largest absolute Gasteiger partial charge is 0.469 e. The summed E-state index contributed by atoms with van der Waals surface area (Å²) >= 11 is 4.83. The molecule has 0 unspecified atom stereocenters. The number of methoxy groups -OCH3 is 1. The lowest BCUT2D eigenvalue weighted by molar-refractivity contribution is -0.140. The molecule has 20 heavy (non-hydrogen) atoms. The molecule has 2 N–H and O–H groups in total. The zero-order valence-electron chi connectivity index (χ0n) is 11.6. The van der Waals surface area contributed by atoms with Crippen LogP contribution in [0.2, 0.25) is 0 Å². The quantitative estimate of drug-likeness (QED) is 0.483. The highest BCUT2D eigenvalue weighted by Gasteiger charge is 2.26. The van der Waals surface area contributed by atoms with E-state index in [0.29, 0.717) is 37.7 Å². The zero-order valence-corrected chi connectivity index (χ0v) is 13.2. The van der Waals surface area contributed by atoms with Crippen molar-refractivity contribution in [1.82, 2.24) is 9.21 Å². The van der Waals surface area contributed by atoms with Crippen molar-refractivity contribution in [3.63, 3.8) is 0 Å². The third-order valence-corrected chi connectivity index (χ3v) is 5.20. The molecule has 0 aromatic carbocycles. The van der Waals surface area contributed by atoms with E-state index in [1.807, 2.05) is 4.90 Å². The van der Waals surface area contributed by atoms with Crippen LogP contribution in [0.5, 0.6) is 0 Å². The second-order valence-electron chi connectivity index (χ2n) is 4.64. The van der Waals surface area contributed by atoms with E-state index in [9.17, 15) is 13.2 Å². The first-order valence-corrected chi connectivity index (χ1v) is 8.42. The van der Waals surface area contributed by atoms with Gasteiger partial charge in [-0.3, -0.25) is 9.69 Å². The fraction of sp³-hybridized carbons (Fsp3) is 0.818. The lowest BCUT2D eigenvalue weighted by Crippen LogP contribution is -2.50. The molecule has 0 aliphatic carbocycles. The van der Waals surface area contributed by atoms with E-state index in [1.165, 1.54) is 11.4 Å². The van der Waals surface area contributed by atoms with Crippen molar-refractivity contribution in [3.05, 3.63) is 0 Å². The maximum absolute atomic E-state index is 12.1. The van der Waals surface area contributed by atoms with Gasteiger partial charge in [0.1, 0.15) is 0 Å². The summed E-state index contributed by atoms with van der Waals surface area (Å²) in [6.07, 6.45) is 0.402. The molecule has 0 amide bonds. The number of sulfonamides is 1. The summed E-state index contributed by atoms with van der Waals surface area (Å²) in [6, 6.07) is 0. The number of thiocarbonyl (C=S) groups is 1. The Balaban J connectivity index is 2.38.